The molecule has 0 aliphatic carbocycles. The van der Waals surface area contributed by atoms with Crippen molar-refractivity contribution in [2.24, 2.45) is 0 Å². The summed E-state index contributed by atoms with van der Waals surface area (Å²) in [6.07, 6.45) is 3.37. The molecular formula is C19H28FN3O2. The summed E-state index contributed by atoms with van der Waals surface area (Å²) in [5.41, 5.74) is 1.85. The molecular weight excluding hydrogens is 321 g/mol. The van der Waals surface area contributed by atoms with Gasteiger partial charge in [-0.25, -0.2) is 4.39 Å². The van der Waals surface area contributed by atoms with Crippen LogP contribution in [-0.4, -0.2) is 54.7 Å². The number of amides is 1. The molecule has 2 aliphatic rings. The van der Waals surface area contributed by atoms with Gasteiger partial charge in [0.15, 0.2) is 0 Å². The minimum atomic E-state index is -0.268. The largest absolute Gasteiger partial charge is 0.393 e. The number of carbonyl (C=O) groups is 1. The number of aliphatic hydroxyl groups is 1. The lowest BCUT2D eigenvalue weighted by molar-refractivity contribution is -0.129. The topological polar surface area (TPSA) is 55.8 Å². The fraction of sp³-hybridized carbons (Fsp3) is 0.632. The number of rotatable bonds is 5. The number of benzene rings is 1. The van der Waals surface area contributed by atoms with Crippen molar-refractivity contribution in [2.45, 2.75) is 44.8 Å². The molecule has 0 saturated carbocycles. The van der Waals surface area contributed by atoms with E-state index in [1.807, 2.05) is 17.9 Å². The first-order valence-electron chi connectivity index (χ1n) is 9.28. The van der Waals surface area contributed by atoms with Crippen molar-refractivity contribution in [1.82, 2.24) is 10.2 Å². The number of aliphatic hydroxyl groups excluding tert-OH is 1. The summed E-state index contributed by atoms with van der Waals surface area (Å²) >= 11 is 0. The fourth-order valence-electron chi connectivity index (χ4n) is 3.70. The Kier molecular flexibility index (Phi) is 5.91. The van der Waals surface area contributed by atoms with Gasteiger partial charge in [-0.15, -0.1) is 0 Å². The summed E-state index contributed by atoms with van der Waals surface area (Å²) in [4.78, 5) is 16.3. The van der Waals surface area contributed by atoms with Crippen LogP contribution in [0.5, 0.6) is 0 Å². The van der Waals surface area contributed by atoms with E-state index in [2.05, 4.69) is 10.2 Å². The summed E-state index contributed by atoms with van der Waals surface area (Å²) in [5.74, 6) is -0.154. The van der Waals surface area contributed by atoms with Gasteiger partial charge in [-0.1, -0.05) is 0 Å². The third kappa shape index (κ3) is 4.50. The highest BCUT2D eigenvalue weighted by Gasteiger charge is 2.23. The SMILES string of the molecule is CC(NCC(=O)N1CCCC1)c1cc(F)ccc1N1CCC(O)CC1. The minimum Gasteiger partial charge on any atom is -0.393 e. The van der Waals surface area contributed by atoms with E-state index in [1.54, 1.807) is 6.07 Å². The van der Waals surface area contributed by atoms with Crippen LogP contribution >= 0.6 is 0 Å². The molecule has 1 atom stereocenters. The lowest BCUT2D eigenvalue weighted by Gasteiger charge is -2.34. The van der Waals surface area contributed by atoms with Crippen LogP contribution in [0.15, 0.2) is 18.2 Å². The maximum absolute atomic E-state index is 13.8. The maximum atomic E-state index is 13.8. The smallest absolute Gasteiger partial charge is 0.236 e. The van der Waals surface area contributed by atoms with Crippen molar-refractivity contribution in [2.75, 3.05) is 37.6 Å². The van der Waals surface area contributed by atoms with Gasteiger partial charge in [0.25, 0.3) is 0 Å². The van der Waals surface area contributed by atoms with Crippen molar-refractivity contribution in [3.8, 4) is 0 Å². The highest BCUT2D eigenvalue weighted by molar-refractivity contribution is 5.78. The Balaban J connectivity index is 1.67. The van der Waals surface area contributed by atoms with E-state index in [0.29, 0.717) is 0 Å². The van der Waals surface area contributed by atoms with E-state index in [9.17, 15) is 14.3 Å². The normalized spacial score (nSPS) is 20.1. The van der Waals surface area contributed by atoms with Gasteiger partial charge in [-0.3, -0.25) is 4.79 Å². The van der Waals surface area contributed by atoms with Crippen LogP contribution in [-0.2, 0) is 4.79 Å². The fourth-order valence-corrected chi connectivity index (χ4v) is 3.70. The average molecular weight is 349 g/mol. The van der Waals surface area contributed by atoms with E-state index in [1.165, 1.54) is 6.07 Å². The molecule has 0 radical (unpaired) electrons. The Morgan fingerprint density at radius 3 is 2.64 bits per heavy atom. The van der Waals surface area contributed by atoms with Gasteiger partial charge in [-0.2, -0.15) is 0 Å². The molecule has 2 N–H and O–H groups in total. The van der Waals surface area contributed by atoms with Gasteiger partial charge >= 0.3 is 0 Å². The van der Waals surface area contributed by atoms with Crippen molar-refractivity contribution in [1.29, 1.82) is 0 Å². The molecule has 1 amide bonds. The number of carbonyl (C=O) groups excluding carboxylic acids is 1. The molecule has 25 heavy (non-hydrogen) atoms. The van der Waals surface area contributed by atoms with Crippen LogP contribution in [0.3, 0.4) is 0 Å². The third-order valence-corrected chi connectivity index (χ3v) is 5.28. The molecule has 0 spiro atoms. The molecule has 138 valence electrons. The van der Waals surface area contributed by atoms with Crippen LogP contribution < -0.4 is 10.2 Å². The Morgan fingerprint density at radius 2 is 1.96 bits per heavy atom. The quantitative estimate of drug-likeness (QED) is 0.854. The van der Waals surface area contributed by atoms with Gasteiger partial charge in [0, 0.05) is 37.9 Å². The summed E-state index contributed by atoms with van der Waals surface area (Å²) in [5, 5.41) is 13.0. The Bertz CT molecular complexity index is 596. The van der Waals surface area contributed by atoms with E-state index in [4.69, 9.17) is 0 Å². The highest BCUT2D eigenvalue weighted by Crippen LogP contribution is 2.29. The molecule has 6 heteroatoms. The zero-order valence-electron chi connectivity index (χ0n) is 14.9. The first-order valence-corrected chi connectivity index (χ1v) is 9.28. The molecule has 3 rings (SSSR count). The molecule has 5 nitrogen and oxygen atoms in total. The Hall–Kier alpha value is -1.66. The predicted molar refractivity (Wildman–Crippen MR) is 96.1 cm³/mol. The van der Waals surface area contributed by atoms with Crippen LogP contribution in [0, 0.1) is 5.82 Å². The van der Waals surface area contributed by atoms with E-state index in [-0.39, 0.29) is 30.4 Å². The number of hydrogen-bond donors (Lipinski definition) is 2. The van der Waals surface area contributed by atoms with Gasteiger partial charge in [0.2, 0.25) is 5.91 Å². The van der Waals surface area contributed by atoms with E-state index >= 15 is 0 Å². The molecule has 0 bridgehead atoms. The second-order valence-electron chi connectivity index (χ2n) is 7.11. The maximum Gasteiger partial charge on any atom is 0.236 e. The lowest BCUT2D eigenvalue weighted by atomic mass is 10.0. The van der Waals surface area contributed by atoms with Crippen molar-refractivity contribution >= 4 is 11.6 Å². The molecule has 0 aromatic heterocycles. The second kappa shape index (κ2) is 8.15. The number of hydrogen-bond acceptors (Lipinski definition) is 4. The minimum absolute atomic E-state index is 0.114. The third-order valence-electron chi connectivity index (χ3n) is 5.28. The number of halogens is 1. The van der Waals surface area contributed by atoms with E-state index in [0.717, 1.165) is 63.1 Å². The first kappa shape index (κ1) is 18.1. The molecule has 2 heterocycles. The number of piperidine rings is 1. The number of nitrogens with one attached hydrogen (secondary N) is 1. The summed E-state index contributed by atoms with van der Waals surface area (Å²) in [6, 6.07) is 4.72. The molecule has 1 aromatic carbocycles. The standard InChI is InChI=1S/C19H28FN3O2/c1-14(21-13-19(25)23-8-2-3-9-23)17-12-15(20)4-5-18(17)22-10-6-16(24)7-11-22/h4-5,12,14,16,21,24H,2-3,6-11,13H2,1H3. The van der Waals surface area contributed by atoms with Crippen molar-refractivity contribution in [3.63, 3.8) is 0 Å². The van der Waals surface area contributed by atoms with Crippen molar-refractivity contribution in [3.05, 3.63) is 29.6 Å². The zero-order valence-corrected chi connectivity index (χ0v) is 14.9. The first-order chi connectivity index (χ1) is 12.0. The molecule has 2 aliphatic heterocycles. The molecule has 1 aromatic rings. The Labute approximate surface area is 148 Å². The Morgan fingerprint density at radius 1 is 1.28 bits per heavy atom. The molecule has 2 fully saturated rings. The van der Waals surface area contributed by atoms with Crippen LogP contribution in [0.25, 0.3) is 0 Å². The number of anilines is 1. The zero-order chi connectivity index (χ0) is 17.8. The van der Waals surface area contributed by atoms with E-state index < -0.39 is 0 Å². The summed E-state index contributed by atoms with van der Waals surface area (Å²) in [6.45, 7) is 5.45. The van der Waals surface area contributed by atoms with Gasteiger partial charge < -0.3 is 20.2 Å². The van der Waals surface area contributed by atoms with Gasteiger partial charge in [0.05, 0.1) is 12.6 Å². The van der Waals surface area contributed by atoms with Crippen molar-refractivity contribution < 1.29 is 14.3 Å². The monoisotopic (exact) mass is 349 g/mol. The average Bonchev–Trinajstić information content (AvgIpc) is 3.15. The molecule has 1 unspecified atom stereocenters. The summed E-state index contributed by atoms with van der Waals surface area (Å²) in [7, 11) is 0. The van der Waals surface area contributed by atoms with Gasteiger partial charge in [-0.05, 0) is 56.4 Å². The predicted octanol–water partition coefficient (Wildman–Crippen LogP) is 2.06. The summed E-state index contributed by atoms with van der Waals surface area (Å²) < 4.78 is 13.8. The highest BCUT2D eigenvalue weighted by atomic mass is 19.1. The number of nitrogens with zero attached hydrogens (tertiary/aromatic N) is 2. The molecule has 2 saturated heterocycles. The lowest BCUT2D eigenvalue weighted by Crippen LogP contribution is -2.39. The van der Waals surface area contributed by atoms with Gasteiger partial charge in [0.1, 0.15) is 5.82 Å². The van der Waals surface area contributed by atoms with Crippen LogP contribution in [0.1, 0.15) is 44.2 Å². The second-order valence-corrected chi connectivity index (χ2v) is 7.11. The van der Waals surface area contributed by atoms with Crippen LogP contribution in [0.4, 0.5) is 10.1 Å². The number of likely N-dealkylation sites (tertiary alicyclic amines) is 1. The van der Waals surface area contributed by atoms with Crippen LogP contribution in [0.2, 0.25) is 0 Å².